The van der Waals surface area contributed by atoms with Crippen molar-refractivity contribution in [3.8, 4) is 0 Å². The number of benzene rings is 2. The molecule has 4 unspecified atom stereocenters. The van der Waals surface area contributed by atoms with Gasteiger partial charge in [0.2, 0.25) is 11.9 Å². The third kappa shape index (κ3) is 7.48. The fourth-order valence-electron chi connectivity index (χ4n) is 5.34. The van der Waals surface area contributed by atoms with Gasteiger partial charge in [-0.05, 0) is 29.3 Å². The second-order valence-electron chi connectivity index (χ2n) is 10.7. The second-order valence-corrected chi connectivity index (χ2v) is 10.7. The number of anilines is 2. The first kappa shape index (κ1) is 29.6. The Labute approximate surface area is 245 Å². The minimum absolute atomic E-state index is 0.0189. The molecule has 0 bridgehead atoms. The molecule has 4 atom stereocenters. The van der Waals surface area contributed by atoms with Crippen LogP contribution in [0.15, 0.2) is 67.0 Å². The SMILES string of the molecule is CC1C(CN2CCN(c3ncccn3)CC2)OC(c2ccc(NC(=O)CCC(=O)O)cc2)OC1c1ccc(CO)cc1. The molecule has 0 radical (unpaired) electrons. The Morgan fingerprint density at radius 1 is 0.929 bits per heavy atom. The van der Waals surface area contributed by atoms with Crippen molar-refractivity contribution in [2.75, 3.05) is 42.9 Å². The van der Waals surface area contributed by atoms with Gasteiger partial charge in [-0.2, -0.15) is 0 Å². The maximum Gasteiger partial charge on any atom is 0.303 e. The number of carbonyl (C=O) groups is 2. The van der Waals surface area contributed by atoms with Crippen LogP contribution in [0.25, 0.3) is 0 Å². The molecule has 0 spiro atoms. The van der Waals surface area contributed by atoms with E-state index >= 15 is 0 Å². The highest BCUT2D eigenvalue weighted by atomic mass is 16.7. The smallest absolute Gasteiger partial charge is 0.303 e. The van der Waals surface area contributed by atoms with Gasteiger partial charge in [0, 0.05) is 68.7 Å². The van der Waals surface area contributed by atoms with E-state index in [2.05, 4.69) is 32.0 Å². The zero-order valence-corrected chi connectivity index (χ0v) is 23.6. The van der Waals surface area contributed by atoms with Gasteiger partial charge in [-0.1, -0.05) is 43.3 Å². The van der Waals surface area contributed by atoms with Crippen molar-refractivity contribution in [1.82, 2.24) is 14.9 Å². The quantitative estimate of drug-likeness (QED) is 0.330. The van der Waals surface area contributed by atoms with Gasteiger partial charge in [-0.3, -0.25) is 14.5 Å². The highest BCUT2D eigenvalue weighted by molar-refractivity contribution is 5.92. The lowest BCUT2D eigenvalue weighted by Gasteiger charge is -2.44. The molecule has 1 aromatic heterocycles. The molecule has 2 aromatic carbocycles. The van der Waals surface area contributed by atoms with Gasteiger partial charge >= 0.3 is 5.97 Å². The summed E-state index contributed by atoms with van der Waals surface area (Å²) >= 11 is 0. The van der Waals surface area contributed by atoms with Crippen LogP contribution in [0.5, 0.6) is 0 Å². The number of aliphatic hydroxyl groups is 1. The fraction of sp³-hybridized carbons (Fsp3) is 0.419. The van der Waals surface area contributed by atoms with E-state index < -0.39 is 12.3 Å². The number of rotatable bonds is 10. The average molecular weight is 576 g/mol. The molecule has 3 N–H and O–H groups in total. The van der Waals surface area contributed by atoms with E-state index in [1.165, 1.54) is 0 Å². The number of nitrogens with one attached hydrogen (secondary N) is 1. The van der Waals surface area contributed by atoms with E-state index in [0.29, 0.717) is 5.69 Å². The van der Waals surface area contributed by atoms with Crippen molar-refractivity contribution in [1.29, 1.82) is 0 Å². The Morgan fingerprint density at radius 2 is 1.60 bits per heavy atom. The number of ether oxygens (including phenoxy) is 2. The summed E-state index contributed by atoms with van der Waals surface area (Å²) in [6.07, 6.45) is 2.26. The molecule has 3 heterocycles. The molecule has 0 saturated carbocycles. The van der Waals surface area contributed by atoms with Crippen molar-refractivity contribution in [2.24, 2.45) is 5.92 Å². The molecule has 2 aliphatic heterocycles. The monoisotopic (exact) mass is 575 g/mol. The van der Waals surface area contributed by atoms with Crippen LogP contribution in [0.1, 0.15) is 48.8 Å². The Morgan fingerprint density at radius 3 is 2.24 bits per heavy atom. The Balaban J connectivity index is 1.28. The Hall–Kier alpha value is -3.90. The normalized spacial score (nSPS) is 23.0. The topological polar surface area (TPSA) is 137 Å². The molecule has 42 heavy (non-hydrogen) atoms. The number of aliphatic hydroxyl groups excluding tert-OH is 1. The van der Waals surface area contributed by atoms with Crippen LogP contribution in [-0.2, 0) is 25.7 Å². The van der Waals surface area contributed by atoms with Crippen molar-refractivity contribution in [3.63, 3.8) is 0 Å². The number of piperazine rings is 1. The summed E-state index contributed by atoms with van der Waals surface area (Å²) in [5.74, 6) is -0.552. The standard InChI is InChI=1S/C31H37N5O6/c1-21-26(19-35-15-17-36(18-16-35)31-32-13-2-14-33-31)41-30(42-29(21)23-5-3-22(20-37)4-6-23)24-7-9-25(10-8-24)34-27(38)11-12-28(39)40/h2-10,13-14,21,26,29-30,37H,11-12,15-20H2,1H3,(H,34,38)(H,39,40). The highest BCUT2D eigenvalue weighted by Crippen LogP contribution is 2.42. The van der Waals surface area contributed by atoms with Gasteiger partial charge in [0.15, 0.2) is 6.29 Å². The molecular formula is C31H37N5O6. The van der Waals surface area contributed by atoms with Crippen LogP contribution < -0.4 is 10.2 Å². The number of carbonyl (C=O) groups excluding carboxylic acids is 1. The van der Waals surface area contributed by atoms with Gasteiger partial charge in [0.05, 0.1) is 25.2 Å². The zero-order chi connectivity index (χ0) is 29.5. The van der Waals surface area contributed by atoms with Crippen molar-refractivity contribution >= 4 is 23.5 Å². The molecule has 11 heteroatoms. The molecule has 0 aliphatic carbocycles. The van der Waals surface area contributed by atoms with E-state index in [1.807, 2.05) is 42.5 Å². The lowest BCUT2D eigenvalue weighted by molar-refractivity contribution is -0.276. The lowest BCUT2D eigenvalue weighted by Crippen LogP contribution is -2.51. The number of aliphatic carboxylic acids is 1. The van der Waals surface area contributed by atoms with Gasteiger partial charge in [0.1, 0.15) is 0 Å². The Bertz CT molecular complexity index is 1320. The summed E-state index contributed by atoms with van der Waals surface area (Å²) in [7, 11) is 0. The van der Waals surface area contributed by atoms with E-state index in [9.17, 15) is 14.7 Å². The summed E-state index contributed by atoms with van der Waals surface area (Å²) in [6.45, 7) is 6.26. The van der Waals surface area contributed by atoms with Gasteiger partial charge < -0.3 is 29.9 Å². The molecule has 222 valence electrons. The number of carboxylic acid groups (broad SMARTS) is 1. The van der Waals surface area contributed by atoms with Crippen LogP contribution >= 0.6 is 0 Å². The molecular weight excluding hydrogens is 538 g/mol. The number of aromatic nitrogens is 2. The molecule has 3 aromatic rings. The summed E-state index contributed by atoms with van der Waals surface area (Å²) < 4.78 is 13.1. The molecule has 2 saturated heterocycles. The first-order valence-corrected chi connectivity index (χ1v) is 14.3. The van der Waals surface area contributed by atoms with Crippen LogP contribution in [0, 0.1) is 5.92 Å². The van der Waals surface area contributed by atoms with Crippen LogP contribution in [0.2, 0.25) is 0 Å². The lowest BCUT2D eigenvalue weighted by atomic mass is 9.90. The Kier molecular flexibility index (Phi) is 9.75. The molecule has 2 aliphatic rings. The number of hydrogen-bond acceptors (Lipinski definition) is 9. The van der Waals surface area contributed by atoms with Crippen molar-refractivity contribution < 1.29 is 29.3 Å². The zero-order valence-electron chi connectivity index (χ0n) is 23.6. The van der Waals surface area contributed by atoms with Gasteiger partial charge in [0.25, 0.3) is 0 Å². The van der Waals surface area contributed by atoms with Gasteiger partial charge in [-0.25, -0.2) is 9.97 Å². The number of amides is 1. The fourth-order valence-corrected chi connectivity index (χ4v) is 5.34. The first-order valence-electron chi connectivity index (χ1n) is 14.3. The minimum Gasteiger partial charge on any atom is -0.481 e. The predicted molar refractivity (Wildman–Crippen MR) is 156 cm³/mol. The molecule has 2 fully saturated rings. The first-order chi connectivity index (χ1) is 20.4. The maximum absolute atomic E-state index is 12.1. The van der Waals surface area contributed by atoms with Crippen LogP contribution in [0.4, 0.5) is 11.6 Å². The van der Waals surface area contributed by atoms with E-state index in [4.69, 9.17) is 14.6 Å². The summed E-state index contributed by atoms with van der Waals surface area (Å²) in [5.41, 5.74) is 3.25. The minimum atomic E-state index is -1.01. The molecule has 5 rings (SSSR count). The van der Waals surface area contributed by atoms with Crippen molar-refractivity contribution in [3.05, 3.63) is 83.7 Å². The summed E-state index contributed by atoms with van der Waals surface area (Å²) in [5, 5.41) is 21.1. The maximum atomic E-state index is 12.1. The second kappa shape index (κ2) is 13.8. The van der Waals surface area contributed by atoms with E-state index in [-0.39, 0.29) is 43.5 Å². The highest BCUT2D eigenvalue weighted by Gasteiger charge is 2.39. The van der Waals surface area contributed by atoms with Crippen molar-refractivity contribution in [2.45, 2.75) is 44.9 Å². The molecule has 11 nitrogen and oxygen atoms in total. The summed E-state index contributed by atoms with van der Waals surface area (Å²) in [4.78, 5) is 36.2. The third-order valence-corrected chi connectivity index (χ3v) is 7.80. The van der Waals surface area contributed by atoms with Crippen LogP contribution in [-0.4, -0.2) is 75.8 Å². The predicted octanol–water partition coefficient (Wildman–Crippen LogP) is 3.39. The van der Waals surface area contributed by atoms with Crippen LogP contribution in [0.3, 0.4) is 0 Å². The van der Waals surface area contributed by atoms with Gasteiger partial charge in [-0.15, -0.1) is 0 Å². The number of hydrogen-bond donors (Lipinski definition) is 3. The number of nitrogens with zero attached hydrogens (tertiary/aromatic N) is 4. The van der Waals surface area contributed by atoms with E-state index in [0.717, 1.165) is 55.4 Å². The summed E-state index contributed by atoms with van der Waals surface area (Å²) in [6, 6.07) is 16.9. The third-order valence-electron chi connectivity index (χ3n) is 7.80. The average Bonchev–Trinajstić information content (AvgIpc) is 3.02. The van der Waals surface area contributed by atoms with E-state index in [1.54, 1.807) is 24.5 Å². The largest absolute Gasteiger partial charge is 0.481 e. The number of carboxylic acids is 1. The molecule has 1 amide bonds.